The van der Waals surface area contributed by atoms with Crippen LogP contribution in [0.25, 0.3) is 0 Å². The molecule has 2 N–H and O–H groups in total. The number of hydrogen-bond donors (Lipinski definition) is 2. The summed E-state index contributed by atoms with van der Waals surface area (Å²) < 4.78 is 173. The van der Waals surface area contributed by atoms with Gasteiger partial charge in [0.25, 0.3) is 28.4 Å². The minimum absolute atomic E-state index is 0. The van der Waals surface area contributed by atoms with Crippen molar-refractivity contribution in [3.8, 4) is 0 Å². The van der Waals surface area contributed by atoms with E-state index in [4.69, 9.17) is 30.8 Å². The number of aromatic amines is 2. The average molecular weight is 1070 g/mol. The number of H-pyrrole nitrogens is 2. The molecule has 2 fully saturated rings. The molecule has 0 radical (unpaired) electrons. The van der Waals surface area contributed by atoms with Crippen LogP contribution in [0.4, 0.5) is 26.3 Å². The molecule has 2 saturated heterocycles. The van der Waals surface area contributed by atoms with Gasteiger partial charge in [-0.3, -0.25) is 18.6 Å². The largest absolute Gasteiger partial charge is 1.00 e. The number of nitrogens with one attached hydrogen (secondary N) is 2. The Kier molecular flexibility index (Phi) is 33.8. The Bertz CT molecular complexity index is 2170. The van der Waals surface area contributed by atoms with E-state index in [0.29, 0.717) is 11.6 Å². The van der Waals surface area contributed by atoms with E-state index in [1.165, 1.54) is 39.5 Å². The van der Waals surface area contributed by atoms with E-state index < -0.39 is 74.2 Å². The fourth-order valence-corrected chi connectivity index (χ4v) is 5.86. The number of aromatic nitrogens is 12. The Hall–Kier alpha value is -1.64. The standard InChI is InChI=1S/2C5H5F3N3O3S.2C4H8O.2C3H4ClN3O2S.2CH4.2Na/c2*1-3-9-4(11-10-3)15(12,13)14-2-5(6,7)8;2*1-2-4-5-3-1;2*1-2-5-3(7-6-2)10(4,8)9;;;;/h2*2H2,1H3;2*1-4H2;2*1H3,(H,5,6,7);2*1H4;;/q2*-1;;;;;;;2*+1. The van der Waals surface area contributed by atoms with Gasteiger partial charge in [-0.05, 0) is 65.0 Å². The molecule has 24 nitrogen and oxygen atoms in total. The first kappa shape index (κ1) is 68.9. The number of nitrogens with zero attached hydrogens (tertiary/aromatic N) is 10. The number of hydrogen-bond acceptors (Lipinski definition) is 20. The van der Waals surface area contributed by atoms with Crippen LogP contribution in [0.15, 0.2) is 20.6 Å². The molecular weight excluding hydrogens is 1030 g/mol. The normalized spacial score (nSPS) is 13.6. The van der Waals surface area contributed by atoms with Crippen LogP contribution in [0.5, 0.6) is 0 Å². The van der Waals surface area contributed by atoms with Gasteiger partial charge in [-0.15, -0.1) is 10.2 Å². The summed E-state index contributed by atoms with van der Waals surface area (Å²) in [6.07, 6.45) is -4.36. The van der Waals surface area contributed by atoms with E-state index >= 15 is 0 Å². The summed E-state index contributed by atoms with van der Waals surface area (Å²) >= 11 is 0. The van der Waals surface area contributed by atoms with Crippen molar-refractivity contribution in [1.82, 2.24) is 60.7 Å². The Balaban J connectivity index is -0.000000346. The zero-order valence-corrected chi connectivity index (χ0v) is 41.9. The fraction of sp³-hybridized carbons (Fsp3) is 0.692. The monoisotopic (exact) mass is 1070 g/mol. The minimum atomic E-state index is -4.73. The van der Waals surface area contributed by atoms with Gasteiger partial charge >= 0.3 is 91.7 Å². The fourth-order valence-electron chi connectivity index (χ4n) is 3.09. The third-order valence-corrected chi connectivity index (χ3v) is 9.68. The van der Waals surface area contributed by atoms with E-state index in [2.05, 4.69) is 69.1 Å². The molecular formula is C26H42Cl2F6N12Na2O12S4. The maximum absolute atomic E-state index is 11.7. The molecule has 2 aliphatic rings. The van der Waals surface area contributed by atoms with Crippen molar-refractivity contribution in [3.63, 3.8) is 0 Å². The van der Waals surface area contributed by atoms with Crippen LogP contribution in [-0.2, 0) is 56.2 Å². The quantitative estimate of drug-likeness (QED) is 0.0767. The first-order valence-corrected chi connectivity index (χ1v) is 23.3. The van der Waals surface area contributed by atoms with Crippen molar-refractivity contribution in [3.05, 3.63) is 23.3 Å². The molecule has 38 heteroatoms. The molecule has 6 heterocycles. The van der Waals surface area contributed by atoms with E-state index in [1.807, 2.05) is 0 Å². The summed E-state index contributed by atoms with van der Waals surface area (Å²) in [6.45, 7) is 6.02. The molecule has 0 unspecified atom stereocenters. The molecule has 4 aromatic heterocycles. The smallest absolute Gasteiger partial charge is 0.381 e. The van der Waals surface area contributed by atoms with Crippen molar-refractivity contribution < 1.29 is 137 Å². The van der Waals surface area contributed by atoms with Gasteiger partial charge in [-0.25, -0.2) is 26.8 Å². The van der Waals surface area contributed by atoms with Gasteiger partial charge in [0.1, 0.15) is 22.0 Å². The third-order valence-electron chi connectivity index (χ3n) is 5.52. The molecule has 0 amide bonds. The second-order valence-electron chi connectivity index (χ2n) is 10.9. The van der Waals surface area contributed by atoms with Crippen molar-refractivity contribution in [2.75, 3.05) is 39.6 Å². The molecule has 64 heavy (non-hydrogen) atoms. The van der Waals surface area contributed by atoms with Gasteiger partial charge in [-0.1, -0.05) is 14.9 Å². The van der Waals surface area contributed by atoms with Gasteiger partial charge in [0.15, 0.2) is 13.2 Å². The van der Waals surface area contributed by atoms with Gasteiger partial charge < -0.3 is 39.8 Å². The van der Waals surface area contributed by atoms with Crippen LogP contribution in [0.2, 0.25) is 0 Å². The number of ether oxygens (including phenoxy) is 2. The number of rotatable bonds is 8. The maximum Gasteiger partial charge on any atom is 1.00 e. The Morgan fingerprint density at radius 2 is 0.859 bits per heavy atom. The van der Waals surface area contributed by atoms with E-state index in [-0.39, 0.29) is 95.9 Å². The van der Waals surface area contributed by atoms with Gasteiger partial charge in [0.05, 0.1) is 0 Å². The van der Waals surface area contributed by atoms with E-state index in [1.54, 1.807) is 13.8 Å². The van der Waals surface area contributed by atoms with Gasteiger partial charge in [0, 0.05) is 47.8 Å². The van der Waals surface area contributed by atoms with Crippen molar-refractivity contribution >= 4 is 59.7 Å². The predicted octanol–water partition coefficient (Wildman–Crippen LogP) is -3.03. The van der Waals surface area contributed by atoms with Crippen LogP contribution >= 0.6 is 21.4 Å². The van der Waals surface area contributed by atoms with Crippen LogP contribution < -0.4 is 69.1 Å². The first-order chi connectivity index (χ1) is 27.4. The third kappa shape index (κ3) is 31.4. The topological polar surface area (TPSA) is 336 Å². The van der Waals surface area contributed by atoms with Gasteiger partial charge in [-0.2, -0.15) is 43.2 Å². The van der Waals surface area contributed by atoms with Crippen molar-refractivity contribution in [2.45, 2.75) is 101 Å². The summed E-state index contributed by atoms with van der Waals surface area (Å²) in [4.78, 5) is 13.6. The van der Waals surface area contributed by atoms with Gasteiger partial charge in [0.2, 0.25) is 0 Å². The molecule has 0 bridgehead atoms. The van der Waals surface area contributed by atoms with Crippen molar-refractivity contribution in [1.29, 1.82) is 0 Å². The maximum atomic E-state index is 11.7. The molecule has 0 spiro atoms. The molecule has 0 aliphatic carbocycles. The SMILES string of the molecule is C.C.C1CCOC1.C1CCOC1.Cc1nc(S(=O)(=O)Cl)n[nH]1.Cc1nc(S(=O)(=O)Cl)n[nH]1.Cc1nnc(S(=O)(=O)OCC(F)(F)F)[n-]1.Cc1nnc(S(=O)(=O)OCC(F)(F)F)[n-]1.[Na+].[Na+]. The zero-order valence-electron chi connectivity index (χ0n) is 33.1. The summed E-state index contributed by atoms with van der Waals surface area (Å²) in [5, 5.41) is 21.4. The molecule has 0 aromatic carbocycles. The average Bonchev–Trinajstić information content (AvgIpc) is 3.96. The molecule has 4 aromatic rings. The van der Waals surface area contributed by atoms with E-state index in [9.17, 15) is 60.0 Å². The van der Waals surface area contributed by atoms with Crippen LogP contribution in [-0.4, -0.2) is 136 Å². The first-order valence-electron chi connectivity index (χ1n) is 15.8. The van der Waals surface area contributed by atoms with Crippen molar-refractivity contribution in [2.24, 2.45) is 0 Å². The summed E-state index contributed by atoms with van der Waals surface area (Å²) in [5.74, 6) is 0.895. The van der Waals surface area contributed by atoms with Crippen LogP contribution in [0, 0.1) is 27.7 Å². The summed E-state index contributed by atoms with van der Waals surface area (Å²) in [5.41, 5.74) is 0. The molecule has 2 aliphatic heterocycles. The predicted molar refractivity (Wildman–Crippen MR) is 200 cm³/mol. The summed E-state index contributed by atoms with van der Waals surface area (Å²) in [6, 6.07) is 0. The zero-order chi connectivity index (χ0) is 46.0. The second kappa shape index (κ2) is 31.4. The summed E-state index contributed by atoms with van der Waals surface area (Å²) in [7, 11) is -6.88. The number of alkyl halides is 6. The van der Waals surface area contributed by atoms with E-state index in [0.717, 1.165) is 26.4 Å². The molecule has 360 valence electrons. The molecule has 0 saturated carbocycles. The minimum Gasteiger partial charge on any atom is -0.381 e. The Morgan fingerprint density at radius 1 is 0.578 bits per heavy atom. The number of halogens is 8. The van der Waals surface area contributed by atoms with Crippen LogP contribution in [0.3, 0.4) is 0 Å². The Morgan fingerprint density at radius 3 is 1.00 bits per heavy atom. The Labute approximate surface area is 417 Å². The van der Waals surface area contributed by atoms with Crippen LogP contribution in [0.1, 0.15) is 63.8 Å². The molecule has 0 atom stereocenters. The second-order valence-corrected chi connectivity index (χ2v) is 18.8. The molecule has 6 rings (SSSR count). The number of aryl methyl sites for hydroxylation is 4.